The number of benzene rings is 1. The van der Waals surface area contributed by atoms with Gasteiger partial charge in [0.15, 0.2) is 0 Å². The Kier molecular flexibility index (Phi) is 3.42. The summed E-state index contributed by atoms with van der Waals surface area (Å²) in [6.45, 7) is 1.84. The van der Waals surface area contributed by atoms with Crippen LogP contribution in [0.2, 0.25) is 0 Å². The van der Waals surface area contributed by atoms with Crippen LogP contribution in [0, 0.1) is 0 Å². The van der Waals surface area contributed by atoms with E-state index in [0.29, 0.717) is 5.56 Å². The number of hydrogen-bond donors (Lipinski definition) is 1. The molecule has 2 aromatic rings. The molecule has 7 heteroatoms. The van der Waals surface area contributed by atoms with E-state index in [2.05, 4.69) is 20.8 Å². The Morgan fingerprint density at radius 3 is 2.80 bits per heavy atom. The van der Waals surface area contributed by atoms with E-state index in [4.69, 9.17) is 0 Å². The molecule has 104 valence electrons. The van der Waals surface area contributed by atoms with E-state index in [9.17, 15) is 4.79 Å². The fraction of sp³-hybridized carbons (Fsp3) is 0.385. The minimum atomic E-state index is 0.0435. The van der Waals surface area contributed by atoms with E-state index < -0.39 is 0 Å². The van der Waals surface area contributed by atoms with Gasteiger partial charge < -0.3 is 10.2 Å². The second-order valence-corrected chi connectivity index (χ2v) is 4.86. The normalized spacial score (nSPS) is 18.1. The number of tetrazole rings is 1. The van der Waals surface area contributed by atoms with Crippen molar-refractivity contribution in [1.29, 1.82) is 0 Å². The van der Waals surface area contributed by atoms with E-state index in [1.54, 1.807) is 16.8 Å². The minimum absolute atomic E-state index is 0.0435. The van der Waals surface area contributed by atoms with Crippen molar-refractivity contribution < 1.29 is 4.79 Å². The highest BCUT2D eigenvalue weighted by Crippen LogP contribution is 2.13. The van der Waals surface area contributed by atoms with Crippen LogP contribution in [-0.4, -0.2) is 57.2 Å². The quantitative estimate of drug-likeness (QED) is 0.857. The lowest BCUT2D eigenvalue weighted by Crippen LogP contribution is -2.38. The first-order chi connectivity index (χ1) is 9.75. The molecule has 0 bridgehead atoms. The fourth-order valence-corrected chi connectivity index (χ4v) is 2.38. The molecule has 0 aliphatic carbocycles. The summed E-state index contributed by atoms with van der Waals surface area (Å²) in [4.78, 5) is 14.2. The summed E-state index contributed by atoms with van der Waals surface area (Å²) < 4.78 is 1.55. The molecule has 1 aliphatic rings. The number of aromatic nitrogens is 4. The maximum absolute atomic E-state index is 12.4. The summed E-state index contributed by atoms with van der Waals surface area (Å²) in [6, 6.07) is 7.56. The summed E-state index contributed by atoms with van der Waals surface area (Å²) in [6.07, 6.45) is 2.53. The molecular weight excluding hydrogens is 256 g/mol. The van der Waals surface area contributed by atoms with Crippen molar-refractivity contribution in [3.05, 3.63) is 36.2 Å². The lowest BCUT2D eigenvalue weighted by molar-refractivity contribution is 0.0744. The van der Waals surface area contributed by atoms with Crippen LogP contribution in [0.15, 0.2) is 30.6 Å². The largest absolute Gasteiger partial charge is 0.337 e. The summed E-state index contributed by atoms with van der Waals surface area (Å²) >= 11 is 0. The smallest absolute Gasteiger partial charge is 0.253 e. The van der Waals surface area contributed by atoms with Gasteiger partial charge in [0, 0.05) is 25.2 Å². The van der Waals surface area contributed by atoms with Crippen molar-refractivity contribution in [2.24, 2.45) is 0 Å². The number of carbonyl (C=O) groups excluding carboxylic acids is 1. The third kappa shape index (κ3) is 2.39. The van der Waals surface area contributed by atoms with Crippen molar-refractivity contribution in [2.45, 2.75) is 12.5 Å². The van der Waals surface area contributed by atoms with Crippen LogP contribution in [-0.2, 0) is 0 Å². The van der Waals surface area contributed by atoms with E-state index in [-0.39, 0.29) is 11.9 Å². The van der Waals surface area contributed by atoms with Gasteiger partial charge in [0.05, 0.1) is 5.69 Å². The highest BCUT2D eigenvalue weighted by Gasteiger charge is 2.23. The Hall–Kier alpha value is -2.28. The molecule has 3 rings (SSSR count). The SMILES string of the molecule is CN(C(=O)c1ccc(-n2cnnn2)cc1)C1CCNC1. The molecular formula is C13H16N6O. The van der Waals surface area contributed by atoms with Crippen molar-refractivity contribution in [3.63, 3.8) is 0 Å². The van der Waals surface area contributed by atoms with E-state index in [1.807, 2.05) is 24.1 Å². The van der Waals surface area contributed by atoms with Crippen LogP contribution >= 0.6 is 0 Å². The molecule has 0 saturated carbocycles. The Bertz CT molecular complexity index is 573. The Morgan fingerprint density at radius 2 is 2.20 bits per heavy atom. The van der Waals surface area contributed by atoms with Gasteiger partial charge in [0.2, 0.25) is 0 Å². The summed E-state index contributed by atoms with van der Waals surface area (Å²) in [5.74, 6) is 0.0435. The third-order valence-corrected chi connectivity index (χ3v) is 3.63. The van der Waals surface area contributed by atoms with Crippen LogP contribution in [0.5, 0.6) is 0 Å². The number of amides is 1. The predicted octanol–water partition coefficient (Wildman–Crippen LogP) is 0.0962. The van der Waals surface area contributed by atoms with Gasteiger partial charge in [-0.2, -0.15) is 0 Å². The average Bonchev–Trinajstić information content (AvgIpc) is 3.18. The second-order valence-electron chi connectivity index (χ2n) is 4.86. The van der Waals surface area contributed by atoms with E-state index >= 15 is 0 Å². The number of hydrogen-bond acceptors (Lipinski definition) is 5. The van der Waals surface area contributed by atoms with Gasteiger partial charge in [-0.05, 0) is 47.7 Å². The summed E-state index contributed by atoms with van der Waals surface area (Å²) in [5.41, 5.74) is 1.51. The third-order valence-electron chi connectivity index (χ3n) is 3.63. The van der Waals surface area contributed by atoms with Gasteiger partial charge in [0.1, 0.15) is 6.33 Å². The minimum Gasteiger partial charge on any atom is -0.337 e. The molecule has 1 atom stereocenters. The maximum atomic E-state index is 12.4. The number of carbonyl (C=O) groups is 1. The molecule has 1 aromatic heterocycles. The van der Waals surface area contributed by atoms with Gasteiger partial charge in [0.25, 0.3) is 5.91 Å². The van der Waals surface area contributed by atoms with Crippen molar-refractivity contribution >= 4 is 5.91 Å². The average molecular weight is 272 g/mol. The molecule has 20 heavy (non-hydrogen) atoms. The lowest BCUT2D eigenvalue weighted by atomic mass is 10.1. The zero-order valence-corrected chi connectivity index (χ0v) is 11.2. The zero-order chi connectivity index (χ0) is 13.9. The number of likely N-dealkylation sites (N-methyl/N-ethyl adjacent to an activating group) is 1. The van der Waals surface area contributed by atoms with Gasteiger partial charge >= 0.3 is 0 Å². The monoisotopic (exact) mass is 272 g/mol. The van der Waals surface area contributed by atoms with Crippen LogP contribution < -0.4 is 5.32 Å². The molecule has 1 saturated heterocycles. The molecule has 0 radical (unpaired) electrons. The molecule has 1 aromatic carbocycles. The first kappa shape index (κ1) is 12.7. The maximum Gasteiger partial charge on any atom is 0.253 e. The number of rotatable bonds is 3. The number of nitrogens with zero attached hydrogens (tertiary/aromatic N) is 5. The van der Waals surface area contributed by atoms with E-state index in [1.165, 1.54) is 6.33 Å². The van der Waals surface area contributed by atoms with E-state index in [0.717, 1.165) is 25.2 Å². The molecule has 1 N–H and O–H groups in total. The summed E-state index contributed by atoms with van der Waals surface area (Å²) in [7, 11) is 1.86. The van der Waals surface area contributed by atoms with Crippen molar-refractivity contribution in [2.75, 3.05) is 20.1 Å². The first-order valence-electron chi connectivity index (χ1n) is 6.57. The van der Waals surface area contributed by atoms with Gasteiger partial charge in [-0.3, -0.25) is 4.79 Å². The molecule has 1 amide bonds. The number of nitrogens with one attached hydrogen (secondary N) is 1. The molecule has 1 aliphatic heterocycles. The molecule has 1 fully saturated rings. The Balaban J connectivity index is 1.75. The van der Waals surface area contributed by atoms with Crippen LogP contribution in [0.4, 0.5) is 0 Å². The van der Waals surface area contributed by atoms with Gasteiger partial charge in [-0.1, -0.05) is 0 Å². The highest BCUT2D eigenvalue weighted by atomic mass is 16.2. The summed E-state index contributed by atoms with van der Waals surface area (Å²) in [5, 5.41) is 14.3. The second kappa shape index (κ2) is 5.38. The van der Waals surface area contributed by atoms with Gasteiger partial charge in [-0.25, -0.2) is 4.68 Å². The molecule has 1 unspecified atom stereocenters. The Morgan fingerprint density at radius 1 is 1.40 bits per heavy atom. The van der Waals surface area contributed by atoms with Crippen LogP contribution in [0.3, 0.4) is 0 Å². The lowest BCUT2D eigenvalue weighted by Gasteiger charge is -2.23. The van der Waals surface area contributed by atoms with Crippen LogP contribution in [0.25, 0.3) is 5.69 Å². The Labute approximate surface area is 116 Å². The predicted molar refractivity (Wildman–Crippen MR) is 72.5 cm³/mol. The van der Waals surface area contributed by atoms with Gasteiger partial charge in [-0.15, -0.1) is 5.10 Å². The van der Waals surface area contributed by atoms with Crippen molar-refractivity contribution in [1.82, 2.24) is 30.4 Å². The molecule has 2 heterocycles. The topological polar surface area (TPSA) is 75.9 Å². The molecule has 7 nitrogen and oxygen atoms in total. The zero-order valence-electron chi connectivity index (χ0n) is 11.2. The van der Waals surface area contributed by atoms with Crippen LogP contribution in [0.1, 0.15) is 16.8 Å². The highest BCUT2D eigenvalue weighted by molar-refractivity contribution is 5.94. The fourth-order valence-electron chi connectivity index (χ4n) is 2.38. The first-order valence-corrected chi connectivity index (χ1v) is 6.57. The van der Waals surface area contributed by atoms with Crippen molar-refractivity contribution in [3.8, 4) is 5.69 Å². The standard InChI is InChI=1S/C13H16N6O/c1-18(12-6-7-14-8-12)13(20)10-2-4-11(5-3-10)19-9-15-16-17-19/h2-5,9,12,14H,6-8H2,1H3. The molecule has 0 spiro atoms.